The van der Waals surface area contributed by atoms with Crippen LogP contribution in [0.15, 0.2) is 71.6 Å². The minimum absolute atomic E-state index is 0.0762. The number of ether oxygens (including phenoxy) is 1. The maximum Gasteiger partial charge on any atom is 0.236 e. The summed E-state index contributed by atoms with van der Waals surface area (Å²) in [5.41, 5.74) is 3.60. The molecule has 1 heterocycles. The topological polar surface area (TPSA) is 142 Å². The van der Waals surface area contributed by atoms with Gasteiger partial charge in [-0.05, 0) is 104 Å². The summed E-state index contributed by atoms with van der Waals surface area (Å²) in [6, 6.07) is 20.6. The van der Waals surface area contributed by atoms with Crippen molar-refractivity contribution in [2.24, 2.45) is 11.8 Å². The molecule has 47 heavy (non-hydrogen) atoms. The molecular formula is C36H43N3O6S2. The number of amides is 1. The molecule has 0 spiro atoms. The molecule has 0 bridgehead atoms. The van der Waals surface area contributed by atoms with Gasteiger partial charge < -0.3 is 10.1 Å². The van der Waals surface area contributed by atoms with Gasteiger partial charge >= 0.3 is 0 Å². The van der Waals surface area contributed by atoms with Crippen LogP contribution in [0, 0.1) is 23.2 Å². The third-order valence-electron chi connectivity index (χ3n) is 9.52. The number of anilines is 1. The van der Waals surface area contributed by atoms with E-state index in [1.165, 1.54) is 23.3 Å². The van der Waals surface area contributed by atoms with Crippen LogP contribution in [0.3, 0.4) is 0 Å². The van der Waals surface area contributed by atoms with Gasteiger partial charge in [-0.15, -0.1) is 0 Å². The van der Waals surface area contributed by atoms with Gasteiger partial charge in [0.2, 0.25) is 15.9 Å². The summed E-state index contributed by atoms with van der Waals surface area (Å²) in [7, 11) is -7.42. The first-order chi connectivity index (χ1) is 22.3. The summed E-state index contributed by atoms with van der Waals surface area (Å²) in [4.78, 5) is 13.4. The Morgan fingerprint density at radius 3 is 2.51 bits per heavy atom. The monoisotopic (exact) mass is 677 g/mol. The third kappa shape index (κ3) is 8.54. The highest BCUT2D eigenvalue weighted by atomic mass is 32.2. The molecule has 0 aromatic heterocycles. The van der Waals surface area contributed by atoms with E-state index in [9.17, 15) is 26.9 Å². The van der Waals surface area contributed by atoms with Crippen molar-refractivity contribution in [3.8, 4) is 11.8 Å². The van der Waals surface area contributed by atoms with Crippen LogP contribution >= 0.6 is 0 Å². The average molecular weight is 678 g/mol. The fraction of sp³-hybridized carbons (Fsp3) is 0.444. The summed E-state index contributed by atoms with van der Waals surface area (Å²) in [6.07, 6.45) is 7.70. The van der Waals surface area contributed by atoms with Gasteiger partial charge in [0, 0.05) is 17.7 Å². The predicted molar refractivity (Wildman–Crippen MR) is 182 cm³/mol. The van der Waals surface area contributed by atoms with E-state index in [0.717, 1.165) is 51.2 Å². The standard InChI is InChI=1S/C36H43N3O6S2/c1-4-17-36(18-16-25(2)27-12-13-28-19-26(23-37)10-11-29(28)20-27)22-33(32-21-30(39-46(3,41)42)14-15-34(32)45-36)38-35(40)24-47(43,44)31-8-6-5-7-9-31/h5-11,14-15,19,21,25,27,33,39H,4,12-13,16-18,20,22,24H2,1-3H3,(H,38,40). The van der Waals surface area contributed by atoms with Crippen LogP contribution in [0.1, 0.15) is 80.7 Å². The van der Waals surface area contributed by atoms with Crippen LogP contribution in [0.5, 0.6) is 5.75 Å². The quantitative estimate of drug-likeness (QED) is 0.236. The van der Waals surface area contributed by atoms with E-state index in [2.05, 4.69) is 36.0 Å². The van der Waals surface area contributed by atoms with E-state index in [4.69, 9.17) is 4.74 Å². The molecule has 3 aromatic carbocycles. The van der Waals surface area contributed by atoms with Gasteiger partial charge in [0.15, 0.2) is 9.84 Å². The highest BCUT2D eigenvalue weighted by Crippen LogP contribution is 2.46. The van der Waals surface area contributed by atoms with Gasteiger partial charge in [0.05, 0.1) is 28.8 Å². The number of hydrogen-bond acceptors (Lipinski definition) is 7. The van der Waals surface area contributed by atoms with Crippen molar-refractivity contribution >= 4 is 31.5 Å². The number of carbonyl (C=O) groups is 1. The second-order valence-corrected chi connectivity index (χ2v) is 16.9. The number of fused-ring (bicyclic) bond motifs is 2. The fourth-order valence-corrected chi connectivity index (χ4v) is 8.87. The Hall–Kier alpha value is -3.88. The minimum atomic E-state index is -3.87. The summed E-state index contributed by atoms with van der Waals surface area (Å²) >= 11 is 0. The number of nitrogens with one attached hydrogen (secondary N) is 2. The highest BCUT2D eigenvalue weighted by molar-refractivity contribution is 7.92. The van der Waals surface area contributed by atoms with Gasteiger partial charge in [-0.25, -0.2) is 16.8 Å². The molecule has 250 valence electrons. The molecule has 1 aliphatic heterocycles. The van der Waals surface area contributed by atoms with Gasteiger partial charge in [0.25, 0.3) is 0 Å². The zero-order valence-electron chi connectivity index (χ0n) is 27.2. The smallest absolute Gasteiger partial charge is 0.236 e. The maximum absolute atomic E-state index is 13.3. The molecule has 0 saturated carbocycles. The zero-order valence-corrected chi connectivity index (χ0v) is 28.8. The number of benzene rings is 3. The van der Waals surface area contributed by atoms with Crippen LogP contribution < -0.4 is 14.8 Å². The first-order valence-corrected chi connectivity index (χ1v) is 19.7. The van der Waals surface area contributed by atoms with Crippen LogP contribution in [0.25, 0.3) is 0 Å². The fourth-order valence-electron chi connectivity index (χ4n) is 7.15. The number of sulfonamides is 1. The lowest BCUT2D eigenvalue weighted by Crippen LogP contribution is -2.46. The number of nitriles is 1. The lowest BCUT2D eigenvalue weighted by atomic mass is 9.73. The Bertz CT molecular complexity index is 1870. The van der Waals surface area contributed by atoms with Gasteiger partial charge in [0.1, 0.15) is 17.1 Å². The van der Waals surface area contributed by atoms with Crippen LogP contribution in [-0.4, -0.2) is 40.4 Å². The third-order valence-corrected chi connectivity index (χ3v) is 11.8. The number of carbonyl (C=O) groups excluding carboxylic acids is 1. The molecule has 0 saturated heterocycles. The van der Waals surface area contributed by atoms with Crippen molar-refractivity contribution in [3.05, 3.63) is 89.0 Å². The Balaban J connectivity index is 1.37. The lowest BCUT2D eigenvalue weighted by Gasteiger charge is -2.44. The molecule has 4 unspecified atom stereocenters. The van der Waals surface area contributed by atoms with E-state index >= 15 is 0 Å². The molecule has 0 fully saturated rings. The maximum atomic E-state index is 13.3. The Morgan fingerprint density at radius 1 is 1.04 bits per heavy atom. The van der Waals surface area contributed by atoms with Crippen molar-refractivity contribution in [1.82, 2.24) is 5.32 Å². The molecule has 1 amide bonds. The molecule has 11 heteroatoms. The molecular weight excluding hydrogens is 635 g/mol. The van der Waals surface area contributed by atoms with Crippen LogP contribution in [0.4, 0.5) is 5.69 Å². The summed E-state index contributed by atoms with van der Waals surface area (Å²) in [5.74, 6) is 0.109. The average Bonchev–Trinajstić information content (AvgIpc) is 3.03. The predicted octanol–water partition coefficient (Wildman–Crippen LogP) is 6.10. The first-order valence-electron chi connectivity index (χ1n) is 16.2. The molecule has 9 nitrogen and oxygen atoms in total. The molecule has 5 rings (SSSR count). The van der Waals surface area contributed by atoms with Crippen LogP contribution in [0.2, 0.25) is 0 Å². The Labute approximate surface area is 278 Å². The van der Waals surface area contributed by atoms with E-state index in [-0.39, 0.29) is 4.90 Å². The number of nitrogens with zero attached hydrogens (tertiary/aromatic N) is 1. The molecule has 1 aliphatic carbocycles. The van der Waals surface area contributed by atoms with Crippen molar-refractivity contribution in [2.45, 2.75) is 81.8 Å². The van der Waals surface area contributed by atoms with Gasteiger partial charge in [-0.1, -0.05) is 44.5 Å². The van der Waals surface area contributed by atoms with Gasteiger partial charge in [-0.3, -0.25) is 9.52 Å². The van der Waals surface area contributed by atoms with E-state index < -0.39 is 43.2 Å². The molecule has 2 aliphatic rings. The number of aryl methyl sites for hydroxylation is 1. The van der Waals surface area contributed by atoms with Crippen molar-refractivity contribution in [3.63, 3.8) is 0 Å². The molecule has 3 aromatic rings. The molecule has 0 radical (unpaired) electrons. The van der Waals surface area contributed by atoms with Crippen molar-refractivity contribution in [1.29, 1.82) is 5.26 Å². The number of hydrogen-bond donors (Lipinski definition) is 2. The lowest BCUT2D eigenvalue weighted by molar-refractivity contribution is -0.120. The van der Waals surface area contributed by atoms with E-state index in [0.29, 0.717) is 40.8 Å². The number of rotatable bonds is 12. The molecule has 2 N–H and O–H groups in total. The summed E-state index contributed by atoms with van der Waals surface area (Å²) in [5, 5.41) is 12.3. The van der Waals surface area contributed by atoms with Gasteiger partial charge in [-0.2, -0.15) is 5.26 Å². The second kappa shape index (κ2) is 14.1. The Morgan fingerprint density at radius 2 is 1.81 bits per heavy atom. The summed E-state index contributed by atoms with van der Waals surface area (Å²) in [6.45, 7) is 4.38. The van der Waals surface area contributed by atoms with Crippen molar-refractivity contribution < 1.29 is 26.4 Å². The normalized spacial score (nSPS) is 21.3. The van der Waals surface area contributed by atoms with Crippen LogP contribution in [-0.2, 0) is 37.5 Å². The van der Waals surface area contributed by atoms with E-state index in [1.54, 1.807) is 36.4 Å². The zero-order chi connectivity index (χ0) is 33.8. The minimum Gasteiger partial charge on any atom is -0.487 e. The number of sulfone groups is 1. The first kappa shape index (κ1) is 34.5. The molecule has 4 atom stereocenters. The Kier molecular flexibility index (Phi) is 10.3. The summed E-state index contributed by atoms with van der Waals surface area (Å²) < 4.78 is 59.3. The largest absolute Gasteiger partial charge is 0.487 e. The highest BCUT2D eigenvalue weighted by Gasteiger charge is 2.42. The van der Waals surface area contributed by atoms with E-state index in [1.807, 2.05) is 12.1 Å². The van der Waals surface area contributed by atoms with Crippen molar-refractivity contribution in [2.75, 3.05) is 16.7 Å². The second-order valence-electron chi connectivity index (χ2n) is 13.2. The SMILES string of the molecule is CCCC1(CCC(C)C2CCc3cc(C#N)ccc3C2)CC(NC(=O)CS(=O)(=O)c2ccccc2)c2cc(NS(C)(=O)=O)ccc2O1.